The number of carbonyl (C=O) groups excluding carboxylic acids is 1. The van der Waals surface area contributed by atoms with Gasteiger partial charge in [-0.2, -0.15) is 0 Å². The van der Waals surface area contributed by atoms with E-state index in [4.69, 9.17) is 5.73 Å². The molecule has 0 saturated carbocycles. The number of anilines is 2. The maximum atomic E-state index is 11.4. The number of amides is 1. The van der Waals surface area contributed by atoms with Crippen molar-refractivity contribution < 1.29 is 4.79 Å². The molecule has 1 heterocycles. The third kappa shape index (κ3) is 1.82. The fourth-order valence-corrected chi connectivity index (χ4v) is 1.64. The molecule has 0 bridgehead atoms. The molecule has 2 rings (SSSR count). The summed E-state index contributed by atoms with van der Waals surface area (Å²) in [6.07, 6.45) is 1.58. The fourth-order valence-electron chi connectivity index (χ4n) is 1.64. The van der Waals surface area contributed by atoms with Crippen molar-refractivity contribution in [3.05, 3.63) is 24.3 Å². The summed E-state index contributed by atoms with van der Waals surface area (Å²) in [7, 11) is 0. The lowest BCUT2D eigenvalue weighted by Crippen LogP contribution is -2.24. The van der Waals surface area contributed by atoms with Crippen LogP contribution in [0.3, 0.4) is 0 Å². The quantitative estimate of drug-likeness (QED) is 0.722. The van der Waals surface area contributed by atoms with Crippen molar-refractivity contribution in [2.75, 3.05) is 17.2 Å². The van der Waals surface area contributed by atoms with Crippen LogP contribution in [0.4, 0.5) is 11.4 Å². The van der Waals surface area contributed by atoms with Gasteiger partial charge in [-0.25, -0.2) is 0 Å². The minimum atomic E-state index is 0. The van der Waals surface area contributed by atoms with Crippen molar-refractivity contribution in [3.63, 3.8) is 0 Å². The molecule has 76 valence electrons. The number of para-hydroxylation sites is 2. The van der Waals surface area contributed by atoms with E-state index < -0.39 is 0 Å². The van der Waals surface area contributed by atoms with Gasteiger partial charge in [-0.05, 0) is 18.6 Å². The summed E-state index contributed by atoms with van der Waals surface area (Å²) in [6.45, 7) is 0.799. The molecule has 1 aromatic rings. The van der Waals surface area contributed by atoms with E-state index in [1.165, 1.54) is 0 Å². The molecule has 1 amide bonds. The smallest absolute Gasteiger partial charge is 0.227 e. The van der Waals surface area contributed by atoms with E-state index in [1.807, 2.05) is 24.3 Å². The average Bonchev–Trinajstić information content (AvgIpc) is 2.52. The molecule has 3 nitrogen and oxygen atoms in total. The van der Waals surface area contributed by atoms with Gasteiger partial charge < -0.3 is 10.6 Å². The highest BCUT2D eigenvalue weighted by atomic mass is 35.5. The third-order valence-corrected chi connectivity index (χ3v) is 2.30. The van der Waals surface area contributed by atoms with E-state index in [2.05, 4.69) is 0 Å². The maximum Gasteiger partial charge on any atom is 0.227 e. The lowest BCUT2D eigenvalue weighted by Gasteiger charge is -2.17. The predicted octanol–water partition coefficient (Wildman–Crippen LogP) is 1.82. The van der Waals surface area contributed by atoms with Crippen LogP contribution in [0.5, 0.6) is 0 Å². The molecule has 1 aliphatic heterocycles. The standard InChI is InChI=1S/C10H12N2O.ClH/c11-8-4-1-2-5-9(8)12-7-3-6-10(12)13;/h1-2,4-5H,3,6-7,11H2;1H. The van der Waals surface area contributed by atoms with Crippen LogP contribution < -0.4 is 10.6 Å². The molecule has 0 aromatic heterocycles. The summed E-state index contributed by atoms with van der Waals surface area (Å²) in [5.41, 5.74) is 7.30. The molecule has 1 saturated heterocycles. The van der Waals surface area contributed by atoms with Gasteiger partial charge in [0, 0.05) is 13.0 Å². The Balaban J connectivity index is 0.000000980. The zero-order chi connectivity index (χ0) is 9.26. The number of hydrogen-bond acceptors (Lipinski definition) is 2. The molecular weight excluding hydrogens is 200 g/mol. The summed E-state index contributed by atoms with van der Waals surface area (Å²) in [5, 5.41) is 0. The Morgan fingerprint density at radius 1 is 1.29 bits per heavy atom. The third-order valence-electron chi connectivity index (χ3n) is 2.30. The first-order chi connectivity index (χ1) is 6.29. The lowest BCUT2D eigenvalue weighted by atomic mass is 10.2. The van der Waals surface area contributed by atoms with Crippen LogP contribution in [-0.4, -0.2) is 12.5 Å². The topological polar surface area (TPSA) is 46.3 Å². The summed E-state index contributed by atoms with van der Waals surface area (Å²) >= 11 is 0. The van der Waals surface area contributed by atoms with Gasteiger partial charge in [0.2, 0.25) is 5.91 Å². The normalized spacial score (nSPS) is 15.4. The van der Waals surface area contributed by atoms with E-state index >= 15 is 0 Å². The lowest BCUT2D eigenvalue weighted by molar-refractivity contribution is -0.117. The van der Waals surface area contributed by atoms with Crippen LogP contribution in [0.1, 0.15) is 12.8 Å². The molecular formula is C10H13ClN2O. The molecule has 4 heteroatoms. The first kappa shape index (κ1) is 10.9. The highest BCUT2D eigenvalue weighted by Crippen LogP contribution is 2.26. The molecule has 14 heavy (non-hydrogen) atoms. The largest absolute Gasteiger partial charge is 0.397 e. The summed E-state index contributed by atoms with van der Waals surface area (Å²) < 4.78 is 0. The summed E-state index contributed by atoms with van der Waals surface area (Å²) in [5.74, 6) is 0.179. The van der Waals surface area contributed by atoms with Crippen molar-refractivity contribution in [1.29, 1.82) is 0 Å². The zero-order valence-electron chi connectivity index (χ0n) is 7.77. The number of hydrogen-bond donors (Lipinski definition) is 1. The minimum Gasteiger partial charge on any atom is -0.397 e. The Labute approximate surface area is 89.3 Å². The molecule has 1 aromatic carbocycles. The molecule has 0 spiro atoms. The van der Waals surface area contributed by atoms with Crippen LogP contribution in [-0.2, 0) is 4.79 Å². The van der Waals surface area contributed by atoms with Gasteiger partial charge in [-0.3, -0.25) is 4.79 Å². The second-order valence-electron chi connectivity index (χ2n) is 3.21. The average molecular weight is 213 g/mol. The Morgan fingerprint density at radius 2 is 2.00 bits per heavy atom. The Kier molecular flexibility index (Phi) is 3.36. The second-order valence-corrected chi connectivity index (χ2v) is 3.21. The highest BCUT2D eigenvalue weighted by molar-refractivity contribution is 5.97. The van der Waals surface area contributed by atoms with Crippen LogP contribution in [0.15, 0.2) is 24.3 Å². The van der Waals surface area contributed by atoms with E-state index in [0.29, 0.717) is 12.1 Å². The van der Waals surface area contributed by atoms with Gasteiger partial charge in [0.05, 0.1) is 11.4 Å². The summed E-state index contributed by atoms with van der Waals surface area (Å²) in [4.78, 5) is 13.2. The molecule has 0 unspecified atom stereocenters. The number of halogens is 1. The van der Waals surface area contributed by atoms with Gasteiger partial charge in [0.1, 0.15) is 0 Å². The molecule has 0 atom stereocenters. The Morgan fingerprint density at radius 3 is 2.57 bits per heavy atom. The van der Waals surface area contributed by atoms with E-state index in [0.717, 1.165) is 18.7 Å². The molecule has 2 N–H and O–H groups in total. The number of benzene rings is 1. The van der Waals surface area contributed by atoms with Crippen molar-refractivity contribution in [3.8, 4) is 0 Å². The van der Waals surface area contributed by atoms with Crippen LogP contribution in [0.25, 0.3) is 0 Å². The number of nitrogens with two attached hydrogens (primary N) is 1. The number of carbonyl (C=O) groups is 1. The SMILES string of the molecule is Cl.Nc1ccccc1N1CCCC1=O. The summed E-state index contributed by atoms with van der Waals surface area (Å²) in [6, 6.07) is 7.48. The molecule has 1 fully saturated rings. The first-order valence-electron chi connectivity index (χ1n) is 4.44. The van der Waals surface area contributed by atoms with Crippen LogP contribution in [0.2, 0.25) is 0 Å². The monoisotopic (exact) mass is 212 g/mol. The minimum absolute atomic E-state index is 0. The molecule has 0 radical (unpaired) electrons. The van der Waals surface area contributed by atoms with Crippen molar-refractivity contribution in [2.24, 2.45) is 0 Å². The van der Waals surface area contributed by atoms with Crippen LogP contribution in [0, 0.1) is 0 Å². The van der Waals surface area contributed by atoms with Crippen molar-refractivity contribution in [1.82, 2.24) is 0 Å². The van der Waals surface area contributed by atoms with Gasteiger partial charge in [0.15, 0.2) is 0 Å². The molecule has 0 aliphatic carbocycles. The van der Waals surface area contributed by atoms with Crippen molar-refractivity contribution in [2.45, 2.75) is 12.8 Å². The Bertz CT molecular complexity index is 341. The maximum absolute atomic E-state index is 11.4. The van der Waals surface area contributed by atoms with Gasteiger partial charge in [0.25, 0.3) is 0 Å². The highest BCUT2D eigenvalue weighted by Gasteiger charge is 2.22. The van der Waals surface area contributed by atoms with E-state index in [9.17, 15) is 4.79 Å². The van der Waals surface area contributed by atoms with E-state index in [-0.39, 0.29) is 18.3 Å². The predicted molar refractivity (Wildman–Crippen MR) is 59.7 cm³/mol. The number of rotatable bonds is 1. The van der Waals surface area contributed by atoms with E-state index in [1.54, 1.807) is 4.90 Å². The van der Waals surface area contributed by atoms with Gasteiger partial charge in [-0.15, -0.1) is 12.4 Å². The zero-order valence-corrected chi connectivity index (χ0v) is 8.59. The second kappa shape index (κ2) is 4.33. The Hall–Kier alpha value is -1.22. The number of nitrogen functional groups attached to an aromatic ring is 1. The van der Waals surface area contributed by atoms with Crippen molar-refractivity contribution >= 4 is 29.7 Å². The van der Waals surface area contributed by atoms with Crippen LogP contribution >= 0.6 is 12.4 Å². The van der Waals surface area contributed by atoms with Gasteiger partial charge >= 0.3 is 0 Å². The number of nitrogens with zero attached hydrogens (tertiary/aromatic N) is 1. The molecule has 1 aliphatic rings. The fraction of sp³-hybridized carbons (Fsp3) is 0.300. The first-order valence-corrected chi connectivity index (χ1v) is 4.44. The van der Waals surface area contributed by atoms with Gasteiger partial charge in [-0.1, -0.05) is 12.1 Å².